The largest absolute Gasteiger partial charge is 0.480 e. The second-order valence-corrected chi connectivity index (χ2v) is 2.80. The minimum Gasteiger partial charge on any atom is -0.480 e. The first-order valence-electron chi connectivity index (χ1n) is 3.68. The monoisotopic (exact) mass is 216 g/mol. The molecule has 0 bridgehead atoms. The van der Waals surface area contributed by atoms with Gasteiger partial charge in [0.05, 0.1) is 31.1 Å². The van der Waals surface area contributed by atoms with E-state index in [2.05, 4.69) is 9.72 Å². The smallest absolute Gasteiger partial charge is 0.345 e. The predicted octanol–water partition coefficient (Wildman–Crippen LogP) is 1.11. The average Bonchev–Trinajstić information content (AvgIpc) is 2.20. The summed E-state index contributed by atoms with van der Waals surface area (Å²) in [5.74, 6) is -0.534. The minimum atomic E-state index is -0.630. The summed E-state index contributed by atoms with van der Waals surface area (Å²) >= 11 is 5.69. The quantitative estimate of drug-likeness (QED) is 0.750. The molecule has 6 heteroatoms. The molecule has 0 fully saturated rings. The molecule has 5 nitrogen and oxygen atoms in total. The van der Waals surface area contributed by atoms with E-state index in [9.17, 15) is 4.79 Å². The Morgan fingerprint density at radius 3 is 2.71 bits per heavy atom. The van der Waals surface area contributed by atoms with Gasteiger partial charge in [-0.15, -0.1) is 0 Å². The van der Waals surface area contributed by atoms with E-state index < -0.39 is 5.97 Å². The summed E-state index contributed by atoms with van der Waals surface area (Å²) < 4.78 is 9.37. The van der Waals surface area contributed by atoms with E-state index in [1.165, 1.54) is 20.4 Å². The van der Waals surface area contributed by atoms with Crippen LogP contribution in [-0.4, -0.2) is 25.2 Å². The number of methoxy groups -OCH3 is 2. The van der Waals surface area contributed by atoms with Crippen molar-refractivity contribution in [3.05, 3.63) is 16.8 Å². The van der Waals surface area contributed by atoms with E-state index in [0.29, 0.717) is 0 Å². The van der Waals surface area contributed by atoms with Crippen LogP contribution in [0.1, 0.15) is 10.4 Å². The number of esters is 1. The summed E-state index contributed by atoms with van der Waals surface area (Å²) in [6, 6.07) is 0. The summed E-state index contributed by atoms with van der Waals surface area (Å²) in [7, 11) is 2.62. The number of ether oxygens (including phenoxy) is 2. The Morgan fingerprint density at radius 1 is 1.57 bits per heavy atom. The van der Waals surface area contributed by atoms with Crippen molar-refractivity contribution in [2.24, 2.45) is 0 Å². The van der Waals surface area contributed by atoms with E-state index in [0.717, 1.165) is 0 Å². The lowest BCUT2D eigenvalue weighted by Gasteiger charge is -2.08. The molecule has 0 unspecified atom stereocenters. The lowest BCUT2D eigenvalue weighted by molar-refractivity contribution is 0.0597. The zero-order valence-electron chi connectivity index (χ0n) is 7.70. The standard InChI is InChI=1S/C8H9ClN2O3/c1-13-7-5(8(12)14-2)6(10)4(9)3-11-7/h3H,1-2H3,(H2,10,11). The molecule has 14 heavy (non-hydrogen) atoms. The van der Waals surface area contributed by atoms with Crippen LogP contribution in [-0.2, 0) is 4.74 Å². The van der Waals surface area contributed by atoms with Gasteiger partial charge in [0.25, 0.3) is 0 Å². The molecule has 1 aromatic heterocycles. The van der Waals surface area contributed by atoms with Crippen LogP contribution in [0.3, 0.4) is 0 Å². The fourth-order valence-corrected chi connectivity index (χ4v) is 1.08. The molecule has 0 aliphatic heterocycles. The van der Waals surface area contributed by atoms with Crippen LogP contribution < -0.4 is 10.5 Å². The highest BCUT2D eigenvalue weighted by atomic mass is 35.5. The van der Waals surface area contributed by atoms with Crippen molar-refractivity contribution in [3.8, 4) is 5.88 Å². The number of halogens is 1. The molecule has 0 atom stereocenters. The van der Waals surface area contributed by atoms with E-state index in [1.54, 1.807) is 0 Å². The second-order valence-electron chi connectivity index (χ2n) is 2.40. The summed E-state index contributed by atoms with van der Waals surface area (Å²) in [5, 5.41) is 0.186. The van der Waals surface area contributed by atoms with Gasteiger partial charge in [0.2, 0.25) is 5.88 Å². The van der Waals surface area contributed by atoms with Gasteiger partial charge in [-0.3, -0.25) is 0 Å². The number of hydrogen-bond acceptors (Lipinski definition) is 5. The fraction of sp³-hybridized carbons (Fsp3) is 0.250. The lowest BCUT2D eigenvalue weighted by Crippen LogP contribution is -2.09. The van der Waals surface area contributed by atoms with Crippen LogP contribution in [0.4, 0.5) is 5.69 Å². The van der Waals surface area contributed by atoms with Gasteiger partial charge in [-0.05, 0) is 0 Å². The Morgan fingerprint density at radius 2 is 2.21 bits per heavy atom. The van der Waals surface area contributed by atoms with E-state index in [-0.39, 0.29) is 22.2 Å². The lowest BCUT2D eigenvalue weighted by atomic mass is 10.2. The Bertz CT molecular complexity index is 368. The van der Waals surface area contributed by atoms with Gasteiger partial charge >= 0.3 is 5.97 Å². The maximum Gasteiger partial charge on any atom is 0.345 e. The van der Waals surface area contributed by atoms with Crippen molar-refractivity contribution in [1.29, 1.82) is 0 Å². The molecule has 0 radical (unpaired) electrons. The molecular weight excluding hydrogens is 208 g/mol. The van der Waals surface area contributed by atoms with Gasteiger partial charge in [0.15, 0.2) is 0 Å². The second kappa shape index (κ2) is 4.15. The molecule has 1 aromatic rings. The van der Waals surface area contributed by atoms with Crippen molar-refractivity contribution < 1.29 is 14.3 Å². The van der Waals surface area contributed by atoms with Gasteiger partial charge < -0.3 is 15.2 Å². The summed E-state index contributed by atoms with van der Waals surface area (Å²) in [4.78, 5) is 15.1. The molecule has 0 spiro atoms. The zero-order chi connectivity index (χ0) is 10.7. The first-order chi connectivity index (χ1) is 6.61. The highest BCUT2D eigenvalue weighted by Gasteiger charge is 2.19. The molecule has 76 valence electrons. The Balaban J connectivity index is 3.35. The molecule has 0 aliphatic carbocycles. The first kappa shape index (κ1) is 10.6. The highest BCUT2D eigenvalue weighted by Crippen LogP contribution is 2.28. The number of rotatable bonds is 2. The third kappa shape index (κ3) is 1.72. The first-order valence-corrected chi connectivity index (χ1v) is 4.05. The normalized spacial score (nSPS) is 9.64. The number of carbonyl (C=O) groups excluding carboxylic acids is 1. The SMILES string of the molecule is COC(=O)c1c(OC)ncc(Cl)c1N. The third-order valence-electron chi connectivity index (χ3n) is 1.62. The number of hydrogen-bond donors (Lipinski definition) is 1. The van der Waals surface area contributed by atoms with Gasteiger partial charge in [0, 0.05) is 0 Å². The van der Waals surface area contributed by atoms with E-state index in [4.69, 9.17) is 22.1 Å². The number of nitrogens with zero attached hydrogens (tertiary/aromatic N) is 1. The van der Waals surface area contributed by atoms with Crippen LogP contribution in [0.2, 0.25) is 5.02 Å². The van der Waals surface area contributed by atoms with E-state index >= 15 is 0 Å². The predicted molar refractivity (Wildman–Crippen MR) is 51.6 cm³/mol. The number of carbonyl (C=O) groups is 1. The minimum absolute atomic E-state index is 0.0440. The topological polar surface area (TPSA) is 74.4 Å². The molecule has 0 saturated heterocycles. The number of nitrogen functional groups attached to an aromatic ring is 1. The Labute approximate surface area is 85.8 Å². The van der Waals surface area contributed by atoms with Gasteiger partial charge in [0.1, 0.15) is 5.56 Å². The molecule has 0 amide bonds. The van der Waals surface area contributed by atoms with Crippen LogP contribution in [0.15, 0.2) is 6.20 Å². The highest BCUT2D eigenvalue weighted by molar-refractivity contribution is 6.33. The molecule has 0 saturated carbocycles. The Hall–Kier alpha value is -1.49. The van der Waals surface area contributed by atoms with Gasteiger partial charge in [-0.1, -0.05) is 11.6 Å². The zero-order valence-corrected chi connectivity index (χ0v) is 8.46. The van der Waals surface area contributed by atoms with Crippen molar-refractivity contribution in [1.82, 2.24) is 4.98 Å². The summed E-state index contributed by atoms with van der Waals surface area (Å²) in [6.45, 7) is 0. The molecule has 1 heterocycles. The van der Waals surface area contributed by atoms with E-state index in [1.807, 2.05) is 0 Å². The van der Waals surface area contributed by atoms with Crippen molar-refractivity contribution in [2.45, 2.75) is 0 Å². The molecule has 2 N–H and O–H groups in total. The number of nitrogens with two attached hydrogens (primary N) is 1. The third-order valence-corrected chi connectivity index (χ3v) is 1.92. The summed E-state index contributed by atoms with van der Waals surface area (Å²) in [5.41, 5.74) is 5.73. The summed E-state index contributed by atoms with van der Waals surface area (Å²) in [6.07, 6.45) is 1.31. The number of aromatic nitrogens is 1. The van der Waals surface area contributed by atoms with Crippen LogP contribution in [0, 0.1) is 0 Å². The van der Waals surface area contributed by atoms with Crippen LogP contribution in [0.5, 0.6) is 5.88 Å². The van der Waals surface area contributed by atoms with Crippen molar-refractivity contribution in [2.75, 3.05) is 20.0 Å². The average molecular weight is 217 g/mol. The number of anilines is 1. The molecule has 0 aliphatic rings. The van der Waals surface area contributed by atoms with Crippen molar-refractivity contribution in [3.63, 3.8) is 0 Å². The fourth-order valence-electron chi connectivity index (χ4n) is 0.938. The van der Waals surface area contributed by atoms with Crippen molar-refractivity contribution >= 4 is 23.3 Å². The van der Waals surface area contributed by atoms with Crippen LogP contribution >= 0.6 is 11.6 Å². The maximum absolute atomic E-state index is 11.3. The van der Waals surface area contributed by atoms with Gasteiger partial charge in [-0.2, -0.15) is 0 Å². The van der Waals surface area contributed by atoms with Crippen LogP contribution in [0.25, 0.3) is 0 Å². The molecule has 1 rings (SSSR count). The van der Waals surface area contributed by atoms with Gasteiger partial charge in [-0.25, -0.2) is 9.78 Å². The Kier molecular flexibility index (Phi) is 3.14. The maximum atomic E-state index is 11.3. The molecular formula is C8H9ClN2O3. The number of pyridine rings is 1. The molecule has 0 aromatic carbocycles.